The maximum Gasteiger partial charge on any atom is 0.231 e. The summed E-state index contributed by atoms with van der Waals surface area (Å²) in [7, 11) is 1.55. The normalized spacial score (nSPS) is 14.6. The molecule has 2 aromatic rings. The van der Waals surface area contributed by atoms with E-state index in [4.69, 9.17) is 11.5 Å². The van der Waals surface area contributed by atoms with Crippen molar-refractivity contribution in [3.8, 4) is 5.75 Å². The molecule has 9 nitrogen and oxygen atoms in total. The summed E-state index contributed by atoms with van der Waals surface area (Å²) in [5.74, 6) is -2.61. The summed E-state index contributed by atoms with van der Waals surface area (Å²) in [6, 6.07) is 10.6. The van der Waals surface area contributed by atoms with Gasteiger partial charge in [-0.15, -0.1) is 0 Å². The zero-order chi connectivity index (χ0) is 30.2. The standard InChI is InChI=1S/C30H44FN5O4/c1-7-23(27(33)36(6)29(40)18(2)20-9-11-21(31)12-10-20)28(39)35-22(16-34-17-26(32)38)14-19-8-13-25(37)24(15-19)30(3,4)5/h8-13,15,18,22-23,27,34,37H,7,14,16-17,33H2,1-6H3,(H2,32,38)(H,35,39). The summed E-state index contributed by atoms with van der Waals surface area (Å²) in [6.07, 6.45) is -0.103. The minimum Gasteiger partial charge on any atom is -0.508 e. The van der Waals surface area contributed by atoms with E-state index in [-0.39, 0.29) is 36.1 Å². The average Bonchev–Trinajstić information content (AvgIpc) is 2.88. The molecule has 0 aliphatic carbocycles. The van der Waals surface area contributed by atoms with Crippen molar-refractivity contribution in [1.82, 2.24) is 15.5 Å². The number of carbonyl (C=O) groups excluding carboxylic acids is 3. The van der Waals surface area contributed by atoms with Crippen LogP contribution < -0.4 is 22.1 Å². The second-order valence-corrected chi connectivity index (χ2v) is 11.3. The maximum absolute atomic E-state index is 13.5. The molecule has 7 N–H and O–H groups in total. The third kappa shape index (κ3) is 9.02. The van der Waals surface area contributed by atoms with Crippen LogP contribution in [0.25, 0.3) is 0 Å². The van der Waals surface area contributed by atoms with Crippen LogP contribution in [0.1, 0.15) is 63.6 Å². The lowest BCUT2D eigenvalue weighted by molar-refractivity contribution is -0.137. The van der Waals surface area contributed by atoms with Gasteiger partial charge in [0.05, 0.1) is 24.5 Å². The highest BCUT2D eigenvalue weighted by atomic mass is 19.1. The number of nitrogens with one attached hydrogen (secondary N) is 2. The SMILES string of the molecule is CCC(C(=O)NC(CNCC(N)=O)Cc1ccc(O)c(C(C)(C)C)c1)C(N)N(C)C(=O)C(C)c1ccc(F)cc1. The van der Waals surface area contributed by atoms with Crippen LogP contribution in [0.3, 0.4) is 0 Å². The highest BCUT2D eigenvalue weighted by Gasteiger charge is 2.32. The van der Waals surface area contributed by atoms with Crippen molar-refractivity contribution in [2.75, 3.05) is 20.1 Å². The highest BCUT2D eigenvalue weighted by Crippen LogP contribution is 2.31. The Morgan fingerprint density at radius 2 is 1.73 bits per heavy atom. The molecule has 2 rings (SSSR count). The molecule has 40 heavy (non-hydrogen) atoms. The van der Waals surface area contributed by atoms with E-state index in [1.54, 1.807) is 38.2 Å². The molecule has 0 saturated carbocycles. The van der Waals surface area contributed by atoms with Crippen molar-refractivity contribution in [3.63, 3.8) is 0 Å². The second kappa shape index (κ2) is 14.2. The van der Waals surface area contributed by atoms with Crippen molar-refractivity contribution in [1.29, 1.82) is 0 Å². The van der Waals surface area contributed by atoms with E-state index in [1.165, 1.54) is 17.0 Å². The second-order valence-electron chi connectivity index (χ2n) is 11.3. The summed E-state index contributed by atoms with van der Waals surface area (Å²) in [4.78, 5) is 39.3. The van der Waals surface area contributed by atoms with Crippen molar-refractivity contribution in [2.45, 2.75) is 71.0 Å². The third-order valence-corrected chi connectivity index (χ3v) is 7.11. The molecule has 0 aliphatic heterocycles. The van der Waals surface area contributed by atoms with Crippen molar-refractivity contribution in [2.24, 2.45) is 17.4 Å². The molecule has 0 radical (unpaired) electrons. The molecule has 10 heteroatoms. The number of hydrogen-bond donors (Lipinski definition) is 5. The number of phenolic OH excluding ortho intramolecular Hbond substituents is 1. The van der Waals surface area contributed by atoms with Crippen LogP contribution in [-0.4, -0.2) is 60.1 Å². The molecule has 0 spiro atoms. The van der Waals surface area contributed by atoms with Crippen LogP contribution in [0.2, 0.25) is 0 Å². The number of carbonyl (C=O) groups is 3. The Morgan fingerprint density at radius 1 is 1.10 bits per heavy atom. The predicted octanol–water partition coefficient (Wildman–Crippen LogP) is 2.50. The largest absolute Gasteiger partial charge is 0.508 e. The number of primary amides is 1. The number of halogens is 1. The number of phenols is 1. The lowest BCUT2D eigenvalue weighted by Crippen LogP contribution is -2.55. The number of amides is 3. The monoisotopic (exact) mass is 557 g/mol. The molecule has 0 aliphatic rings. The lowest BCUT2D eigenvalue weighted by Gasteiger charge is -2.33. The van der Waals surface area contributed by atoms with E-state index in [0.717, 1.165) is 11.1 Å². The highest BCUT2D eigenvalue weighted by molar-refractivity contribution is 5.85. The van der Waals surface area contributed by atoms with Crippen LogP contribution in [0.4, 0.5) is 4.39 Å². The van der Waals surface area contributed by atoms with Gasteiger partial charge < -0.3 is 32.1 Å². The van der Waals surface area contributed by atoms with E-state index < -0.39 is 35.8 Å². The number of nitrogens with zero attached hydrogens (tertiary/aromatic N) is 1. The van der Waals surface area contributed by atoms with Gasteiger partial charge in [-0.05, 0) is 60.1 Å². The molecule has 0 saturated heterocycles. The number of aromatic hydroxyl groups is 1. The van der Waals surface area contributed by atoms with Gasteiger partial charge in [0.15, 0.2) is 0 Å². The first kappa shape index (κ1) is 32.7. The van der Waals surface area contributed by atoms with E-state index in [9.17, 15) is 23.9 Å². The first-order valence-electron chi connectivity index (χ1n) is 13.5. The van der Waals surface area contributed by atoms with Crippen molar-refractivity contribution < 1.29 is 23.9 Å². The molecular weight excluding hydrogens is 513 g/mol. The minimum atomic E-state index is -0.902. The van der Waals surface area contributed by atoms with Gasteiger partial charge in [-0.3, -0.25) is 14.4 Å². The van der Waals surface area contributed by atoms with Crippen LogP contribution >= 0.6 is 0 Å². The quantitative estimate of drug-likeness (QED) is 0.239. The summed E-state index contributed by atoms with van der Waals surface area (Å²) in [6.45, 7) is 9.75. The molecule has 0 aromatic heterocycles. The lowest BCUT2D eigenvalue weighted by atomic mass is 9.84. The van der Waals surface area contributed by atoms with Gasteiger partial charge in [0, 0.05) is 19.6 Å². The zero-order valence-corrected chi connectivity index (χ0v) is 24.3. The fourth-order valence-electron chi connectivity index (χ4n) is 4.65. The molecule has 220 valence electrons. The third-order valence-electron chi connectivity index (χ3n) is 7.11. The Morgan fingerprint density at radius 3 is 2.27 bits per heavy atom. The van der Waals surface area contributed by atoms with Gasteiger partial charge in [0.1, 0.15) is 11.6 Å². The molecule has 0 bridgehead atoms. The molecule has 3 amide bonds. The number of hydrogen-bond acceptors (Lipinski definition) is 6. The number of likely N-dealkylation sites (N-methyl/N-ethyl adjacent to an activating group) is 1. The number of benzene rings is 2. The zero-order valence-electron chi connectivity index (χ0n) is 24.3. The number of rotatable bonds is 13. The molecule has 0 fully saturated rings. The topological polar surface area (TPSA) is 151 Å². The summed E-state index contributed by atoms with van der Waals surface area (Å²) >= 11 is 0. The van der Waals surface area contributed by atoms with E-state index >= 15 is 0 Å². The Bertz CT molecular complexity index is 1170. The predicted molar refractivity (Wildman–Crippen MR) is 154 cm³/mol. The van der Waals surface area contributed by atoms with Crippen LogP contribution in [0.5, 0.6) is 5.75 Å². The van der Waals surface area contributed by atoms with Gasteiger partial charge in [-0.25, -0.2) is 4.39 Å². The Balaban J connectivity index is 2.20. The van der Waals surface area contributed by atoms with Crippen molar-refractivity contribution in [3.05, 3.63) is 65.0 Å². The summed E-state index contributed by atoms with van der Waals surface area (Å²) in [5, 5.41) is 16.3. The Hall–Kier alpha value is -3.50. The first-order valence-corrected chi connectivity index (χ1v) is 13.5. The Labute approximate surface area is 236 Å². The average molecular weight is 558 g/mol. The smallest absolute Gasteiger partial charge is 0.231 e. The van der Waals surface area contributed by atoms with E-state index in [2.05, 4.69) is 10.6 Å². The maximum atomic E-state index is 13.5. The van der Waals surface area contributed by atoms with Crippen LogP contribution in [-0.2, 0) is 26.2 Å². The number of nitrogens with two attached hydrogens (primary N) is 2. The molecule has 4 atom stereocenters. The Kier molecular flexibility index (Phi) is 11.6. The van der Waals surface area contributed by atoms with Crippen LogP contribution in [0, 0.1) is 11.7 Å². The fourth-order valence-corrected chi connectivity index (χ4v) is 4.65. The molecular formula is C30H44FN5O4. The molecule has 2 aromatic carbocycles. The van der Waals surface area contributed by atoms with Gasteiger partial charge >= 0.3 is 0 Å². The first-order chi connectivity index (χ1) is 18.6. The van der Waals surface area contributed by atoms with E-state index in [1.807, 2.05) is 33.8 Å². The van der Waals surface area contributed by atoms with Gasteiger partial charge in [-0.1, -0.05) is 52.0 Å². The van der Waals surface area contributed by atoms with Gasteiger partial charge in [-0.2, -0.15) is 0 Å². The van der Waals surface area contributed by atoms with Crippen LogP contribution in [0.15, 0.2) is 42.5 Å². The van der Waals surface area contributed by atoms with Gasteiger partial charge in [0.2, 0.25) is 17.7 Å². The molecule has 4 unspecified atom stereocenters. The summed E-state index contributed by atoms with van der Waals surface area (Å²) in [5.41, 5.74) is 13.8. The fraction of sp³-hybridized carbons (Fsp3) is 0.500. The minimum absolute atomic E-state index is 0.0512. The van der Waals surface area contributed by atoms with Crippen molar-refractivity contribution >= 4 is 17.7 Å². The summed E-state index contributed by atoms with van der Waals surface area (Å²) < 4.78 is 13.3. The van der Waals surface area contributed by atoms with Gasteiger partial charge in [0.25, 0.3) is 0 Å². The molecule has 0 heterocycles. The van der Waals surface area contributed by atoms with E-state index in [0.29, 0.717) is 18.4 Å².